The van der Waals surface area contributed by atoms with E-state index in [0.29, 0.717) is 0 Å². The van der Waals surface area contributed by atoms with Gasteiger partial charge in [-0.2, -0.15) is 0 Å². The van der Waals surface area contributed by atoms with Crippen LogP contribution in [0.25, 0.3) is 110 Å². The Hall–Kier alpha value is -7.16. The lowest BCUT2D eigenvalue weighted by molar-refractivity contribution is 1.37. The lowest BCUT2D eigenvalue weighted by Gasteiger charge is -2.20. The second-order valence-corrected chi connectivity index (χ2v) is 14.0. The Morgan fingerprint density at radius 3 is 1.30 bits per heavy atom. The first-order valence-electron chi connectivity index (χ1n) is 18.5. The zero-order valence-corrected chi connectivity index (χ0v) is 29.4. The first kappa shape index (κ1) is 30.5. The predicted molar refractivity (Wildman–Crippen MR) is 229 cm³/mol. The quantitative estimate of drug-likeness (QED) is 0.136. The first-order valence-corrected chi connectivity index (χ1v) is 18.5. The number of pyridine rings is 2. The highest BCUT2D eigenvalue weighted by atomic mass is 14.8. The minimum absolute atomic E-state index is 0.914. The van der Waals surface area contributed by atoms with Crippen molar-refractivity contribution < 1.29 is 0 Å². The van der Waals surface area contributed by atoms with Crippen LogP contribution in [0.5, 0.6) is 0 Å². The van der Waals surface area contributed by atoms with Crippen LogP contribution in [0.4, 0.5) is 0 Å². The molecule has 0 fully saturated rings. The lowest BCUT2D eigenvalue weighted by Crippen LogP contribution is -1.94. The van der Waals surface area contributed by atoms with Gasteiger partial charge in [0.25, 0.3) is 0 Å². The molecule has 2 aromatic heterocycles. The van der Waals surface area contributed by atoms with Crippen LogP contribution >= 0.6 is 0 Å². The van der Waals surface area contributed by atoms with E-state index in [-0.39, 0.29) is 0 Å². The van der Waals surface area contributed by atoms with E-state index in [1.165, 1.54) is 65.3 Å². The third kappa shape index (κ3) is 4.74. The van der Waals surface area contributed by atoms with Gasteiger partial charge < -0.3 is 0 Å². The van der Waals surface area contributed by atoms with Crippen LogP contribution in [0.3, 0.4) is 0 Å². The van der Waals surface area contributed by atoms with Gasteiger partial charge in [-0.1, -0.05) is 182 Å². The molecule has 54 heavy (non-hydrogen) atoms. The molecule has 11 rings (SSSR count). The van der Waals surface area contributed by atoms with Crippen molar-refractivity contribution in [2.75, 3.05) is 0 Å². The van der Waals surface area contributed by atoms with Crippen LogP contribution in [0.15, 0.2) is 194 Å². The molecule has 2 heterocycles. The smallest absolute Gasteiger partial charge is 0.0972 e. The molecule has 250 valence electrons. The van der Waals surface area contributed by atoms with Crippen molar-refractivity contribution in [3.05, 3.63) is 194 Å². The molecular weight excluding hydrogens is 653 g/mol. The number of fused-ring (bicyclic) bond motifs is 7. The molecule has 11 aromatic rings. The minimum Gasteiger partial charge on any atom is -0.245 e. The highest BCUT2D eigenvalue weighted by Gasteiger charge is 2.20. The van der Waals surface area contributed by atoms with Gasteiger partial charge in [0.15, 0.2) is 0 Å². The van der Waals surface area contributed by atoms with Gasteiger partial charge >= 0.3 is 0 Å². The van der Waals surface area contributed by atoms with Crippen LogP contribution in [0.1, 0.15) is 0 Å². The number of hydrogen-bond acceptors (Lipinski definition) is 2. The second-order valence-electron chi connectivity index (χ2n) is 14.0. The fourth-order valence-electron chi connectivity index (χ4n) is 8.58. The maximum absolute atomic E-state index is 5.37. The summed E-state index contributed by atoms with van der Waals surface area (Å²) in [4.78, 5) is 10.5. The van der Waals surface area contributed by atoms with E-state index in [1.807, 2.05) is 6.07 Å². The number of benzene rings is 9. The highest BCUT2D eigenvalue weighted by Crippen LogP contribution is 2.47. The Bertz CT molecular complexity index is 3210. The lowest BCUT2D eigenvalue weighted by atomic mass is 9.83. The van der Waals surface area contributed by atoms with Gasteiger partial charge in [-0.05, 0) is 77.5 Å². The van der Waals surface area contributed by atoms with Gasteiger partial charge in [0, 0.05) is 21.9 Å². The summed E-state index contributed by atoms with van der Waals surface area (Å²) in [6, 6.07) is 69.8. The van der Waals surface area contributed by atoms with Crippen molar-refractivity contribution in [2.45, 2.75) is 0 Å². The van der Waals surface area contributed by atoms with Gasteiger partial charge in [-0.3, -0.25) is 0 Å². The minimum atomic E-state index is 0.914. The average Bonchev–Trinajstić information content (AvgIpc) is 3.25. The van der Waals surface area contributed by atoms with Crippen LogP contribution in [-0.2, 0) is 0 Å². The van der Waals surface area contributed by atoms with Gasteiger partial charge in [0.2, 0.25) is 0 Å². The topological polar surface area (TPSA) is 25.8 Å². The summed E-state index contributed by atoms with van der Waals surface area (Å²) in [6.45, 7) is 0. The largest absolute Gasteiger partial charge is 0.245 e. The van der Waals surface area contributed by atoms with Gasteiger partial charge in [-0.25, -0.2) is 9.97 Å². The summed E-state index contributed by atoms with van der Waals surface area (Å²) in [7, 11) is 0. The first-order chi connectivity index (χ1) is 26.8. The molecule has 0 radical (unpaired) electrons. The molecule has 9 aromatic carbocycles. The summed E-state index contributed by atoms with van der Waals surface area (Å²) in [5.41, 5.74) is 10.9. The Labute approximate surface area is 312 Å². The summed E-state index contributed by atoms with van der Waals surface area (Å²) >= 11 is 0. The van der Waals surface area contributed by atoms with Gasteiger partial charge in [0.05, 0.1) is 22.4 Å². The van der Waals surface area contributed by atoms with Crippen LogP contribution in [0.2, 0.25) is 0 Å². The van der Waals surface area contributed by atoms with Crippen LogP contribution in [-0.4, -0.2) is 9.97 Å². The molecule has 2 heteroatoms. The van der Waals surface area contributed by atoms with Crippen molar-refractivity contribution in [2.24, 2.45) is 0 Å². The maximum atomic E-state index is 5.37. The Balaban J connectivity index is 1.15. The highest BCUT2D eigenvalue weighted by molar-refractivity contribution is 6.25. The molecule has 0 saturated carbocycles. The van der Waals surface area contributed by atoms with E-state index in [1.54, 1.807) is 0 Å². The second kappa shape index (κ2) is 12.2. The average molecular weight is 685 g/mol. The monoisotopic (exact) mass is 684 g/mol. The fraction of sp³-hybridized carbons (Fsp3) is 0. The third-order valence-corrected chi connectivity index (χ3v) is 11.0. The maximum Gasteiger partial charge on any atom is 0.0972 e. The molecule has 0 saturated heterocycles. The molecular formula is C52H32N2. The third-order valence-electron chi connectivity index (χ3n) is 11.0. The number of aromatic nitrogens is 2. The van der Waals surface area contributed by atoms with E-state index < -0.39 is 0 Å². The molecule has 0 bridgehead atoms. The SMILES string of the molecule is c1ccc(-c2ccc3ccc4ccc(-c5ccc(-c6c7ccccc7c(-c7cccc8ccccc78)c7ccccc67)c6ccccc56)nc4c3n2)cc1. The molecule has 0 aliphatic heterocycles. The van der Waals surface area contributed by atoms with Gasteiger partial charge in [0.1, 0.15) is 0 Å². The molecule has 0 atom stereocenters. The molecule has 0 unspecified atom stereocenters. The van der Waals surface area contributed by atoms with Gasteiger partial charge in [-0.15, -0.1) is 0 Å². The molecule has 0 N–H and O–H groups in total. The fourth-order valence-corrected chi connectivity index (χ4v) is 8.58. The number of nitrogens with zero attached hydrogens (tertiary/aromatic N) is 2. The summed E-state index contributed by atoms with van der Waals surface area (Å²) in [6.07, 6.45) is 0. The molecule has 0 spiro atoms. The zero-order valence-electron chi connectivity index (χ0n) is 29.4. The normalized spacial score (nSPS) is 11.7. The molecule has 0 aliphatic rings. The Kier molecular flexibility index (Phi) is 6.90. The van der Waals surface area contributed by atoms with Crippen molar-refractivity contribution in [3.63, 3.8) is 0 Å². The van der Waals surface area contributed by atoms with E-state index in [4.69, 9.17) is 9.97 Å². The van der Waals surface area contributed by atoms with E-state index in [2.05, 4.69) is 188 Å². The predicted octanol–water partition coefficient (Wildman–Crippen LogP) is 14.1. The summed E-state index contributed by atoms with van der Waals surface area (Å²) in [5.74, 6) is 0. The van der Waals surface area contributed by atoms with Crippen molar-refractivity contribution in [3.8, 4) is 44.8 Å². The Morgan fingerprint density at radius 1 is 0.241 bits per heavy atom. The van der Waals surface area contributed by atoms with Crippen molar-refractivity contribution >= 4 is 64.9 Å². The number of rotatable bonds is 4. The standard InChI is InChI=1S/C52H32N2/c1-2-14-34(15-3-1)47-31-27-35-25-26-36-28-32-48(54-52(36)51(35)53-47)40-29-30-46(39-19-7-6-18-38(39)40)50-44-22-10-8-20-42(44)49(43-21-9-11-23-45(43)50)41-24-12-16-33-13-4-5-17-37(33)41/h1-32H. The molecule has 2 nitrogen and oxygen atoms in total. The van der Waals surface area contributed by atoms with Crippen LogP contribution < -0.4 is 0 Å². The number of hydrogen-bond donors (Lipinski definition) is 0. The zero-order chi connectivity index (χ0) is 35.6. The summed E-state index contributed by atoms with van der Waals surface area (Å²) < 4.78 is 0. The summed E-state index contributed by atoms with van der Waals surface area (Å²) in [5, 5.41) is 12.0. The van der Waals surface area contributed by atoms with Crippen molar-refractivity contribution in [1.29, 1.82) is 0 Å². The van der Waals surface area contributed by atoms with E-state index >= 15 is 0 Å². The molecule has 0 amide bonds. The van der Waals surface area contributed by atoms with E-state index in [0.717, 1.165) is 44.3 Å². The van der Waals surface area contributed by atoms with Crippen LogP contribution in [0, 0.1) is 0 Å². The molecule has 0 aliphatic carbocycles. The Morgan fingerprint density at radius 2 is 0.667 bits per heavy atom. The van der Waals surface area contributed by atoms with Crippen molar-refractivity contribution in [1.82, 2.24) is 9.97 Å². The van der Waals surface area contributed by atoms with E-state index in [9.17, 15) is 0 Å².